The van der Waals surface area contributed by atoms with Gasteiger partial charge in [-0.15, -0.1) is 0 Å². The third-order valence-corrected chi connectivity index (χ3v) is 2.69. The number of aromatic carboxylic acids is 1. The Bertz CT molecular complexity index is 686. The van der Waals surface area contributed by atoms with E-state index in [2.05, 4.69) is 0 Å². The van der Waals surface area contributed by atoms with Crippen LogP contribution in [0.5, 0.6) is 0 Å². The molecular formula is C23H30O8Zn2+2. The normalized spacial score (nSPS) is 7.97. The number of carboxylic acids is 1. The van der Waals surface area contributed by atoms with E-state index in [1.165, 1.54) is 53.7 Å². The van der Waals surface area contributed by atoms with Crippen molar-refractivity contribution in [3.8, 4) is 0 Å². The van der Waals surface area contributed by atoms with Gasteiger partial charge in [-0.3, -0.25) is 25.6 Å². The van der Waals surface area contributed by atoms with Crippen molar-refractivity contribution in [2.75, 3.05) is 0 Å². The molecule has 0 unspecified atom stereocenters. The van der Waals surface area contributed by atoms with Crippen molar-refractivity contribution in [1.82, 2.24) is 0 Å². The molecule has 10 heteroatoms. The second kappa shape index (κ2) is 24.5. The maximum Gasteiger partial charge on any atom is 2.00 e. The van der Waals surface area contributed by atoms with Crippen molar-refractivity contribution in [3.63, 3.8) is 0 Å². The number of Topliss-reactive ketones (excluding diaryl/α,β-unsaturated/α-hetero) is 6. The smallest absolute Gasteiger partial charge is 0.545 e. The molecule has 0 fully saturated rings. The Morgan fingerprint density at radius 2 is 0.909 bits per heavy atom. The van der Waals surface area contributed by atoms with Gasteiger partial charge in [-0.1, -0.05) is 29.8 Å². The zero-order valence-electron chi connectivity index (χ0n) is 20.5. The average molecular weight is 565 g/mol. The molecule has 0 amide bonds. The summed E-state index contributed by atoms with van der Waals surface area (Å²) in [5.41, 5.74) is 1.27. The molecule has 1 aromatic carbocycles. The van der Waals surface area contributed by atoms with E-state index in [0.717, 1.165) is 12.0 Å². The molecular weight excluding hydrogens is 535 g/mol. The van der Waals surface area contributed by atoms with Crippen molar-refractivity contribution < 1.29 is 77.6 Å². The molecule has 0 radical (unpaired) electrons. The number of hydrogen-bond acceptors (Lipinski definition) is 8. The topological polar surface area (TPSA) is 143 Å². The Morgan fingerprint density at radius 3 is 1.03 bits per heavy atom. The van der Waals surface area contributed by atoms with E-state index in [1.807, 2.05) is 6.92 Å². The van der Waals surface area contributed by atoms with Crippen molar-refractivity contribution in [1.29, 1.82) is 0 Å². The van der Waals surface area contributed by atoms with E-state index in [-0.39, 0.29) is 92.1 Å². The Balaban J connectivity index is -0.000000105. The summed E-state index contributed by atoms with van der Waals surface area (Å²) >= 11 is 0. The monoisotopic (exact) mass is 562 g/mol. The van der Waals surface area contributed by atoms with E-state index in [1.54, 1.807) is 12.1 Å². The fourth-order valence-corrected chi connectivity index (χ4v) is 1.68. The quantitative estimate of drug-likeness (QED) is 0.277. The number of aryl methyl sites for hydroxylation is 1. The molecule has 0 aliphatic carbocycles. The molecule has 0 aliphatic rings. The van der Waals surface area contributed by atoms with Crippen LogP contribution in [0.25, 0.3) is 0 Å². The molecule has 33 heavy (non-hydrogen) atoms. The molecule has 0 saturated carbocycles. The molecule has 0 aliphatic heterocycles. The minimum atomic E-state index is -1.12. The van der Waals surface area contributed by atoms with Crippen LogP contribution in [0, 0.1) is 13.3 Å². The van der Waals surface area contributed by atoms with E-state index < -0.39 is 5.97 Å². The zero-order chi connectivity index (χ0) is 25.1. The van der Waals surface area contributed by atoms with Crippen LogP contribution in [0.2, 0.25) is 0 Å². The first-order valence-electron chi connectivity index (χ1n) is 9.20. The summed E-state index contributed by atoms with van der Waals surface area (Å²) in [5.74, 6) is -1.75. The van der Waals surface area contributed by atoms with Gasteiger partial charge < -0.3 is 19.5 Å². The molecule has 1 aromatic rings. The third kappa shape index (κ3) is 40.7. The van der Waals surface area contributed by atoms with E-state index >= 15 is 0 Å². The van der Waals surface area contributed by atoms with Gasteiger partial charge in [0.25, 0.3) is 0 Å². The number of benzene rings is 1. The Hall–Kier alpha value is -2.17. The summed E-state index contributed by atoms with van der Waals surface area (Å²) in [4.78, 5) is 70.3. The molecule has 0 aromatic heterocycles. The molecule has 8 nitrogen and oxygen atoms in total. The number of carbonyl (C=O) groups is 7. The summed E-state index contributed by atoms with van der Waals surface area (Å²) in [6.45, 7) is 10.2. The summed E-state index contributed by atoms with van der Waals surface area (Å²) in [6.07, 6.45) is 1.22. The van der Waals surface area contributed by atoms with Crippen molar-refractivity contribution in [3.05, 3.63) is 41.8 Å². The maximum absolute atomic E-state index is 10.2. The van der Waals surface area contributed by atoms with Gasteiger partial charge in [0.2, 0.25) is 0 Å². The van der Waals surface area contributed by atoms with Crippen LogP contribution >= 0.6 is 0 Å². The number of carboxylic acid groups (broad SMARTS) is 1. The molecule has 1 rings (SSSR count). The molecule has 0 saturated heterocycles. The predicted octanol–water partition coefficient (Wildman–Crippen LogP) is 1.83. The van der Waals surface area contributed by atoms with E-state index in [9.17, 15) is 38.7 Å². The van der Waals surface area contributed by atoms with Crippen molar-refractivity contribution in [2.24, 2.45) is 0 Å². The van der Waals surface area contributed by atoms with Crippen LogP contribution in [0.3, 0.4) is 0 Å². The Labute approximate surface area is 220 Å². The number of ketones is 6. The number of carbonyl (C=O) groups excluding carboxylic acids is 7. The molecule has 0 N–H and O–H groups in total. The molecule has 172 valence electrons. The van der Waals surface area contributed by atoms with Crippen LogP contribution in [-0.2, 0) is 67.7 Å². The van der Waals surface area contributed by atoms with E-state index in [4.69, 9.17) is 0 Å². The average Bonchev–Trinajstić information content (AvgIpc) is 2.52. The fourth-order valence-electron chi connectivity index (χ4n) is 1.68. The Kier molecular flexibility index (Phi) is 30.5. The first-order chi connectivity index (χ1) is 14.1. The summed E-state index contributed by atoms with van der Waals surface area (Å²) in [6, 6.07) is 6.55. The minimum absolute atomic E-state index is 0. The second-order valence-corrected chi connectivity index (χ2v) is 6.68. The van der Waals surface area contributed by atoms with Crippen molar-refractivity contribution >= 4 is 40.7 Å². The molecule has 0 spiro atoms. The van der Waals surface area contributed by atoms with Gasteiger partial charge in [0, 0.05) is 11.6 Å². The fraction of sp³-hybridized carbons (Fsp3) is 0.391. The number of rotatable bonds is 7. The van der Waals surface area contributed by atoms with Gasteiger partial charge in [0.1, 0.15) is 23.1 Å². The van der Waals surface area contributed by atoms with Crippen LogP contribution in [-0.4, -0.2) is 40.7 Å². The SMILES string of the molecule is CC(=O)CC(C)=O.CC(=O)CC(C)=O.CC(=O)[CH-]C(C)=O.Cc1ccc(C(=O)[O-])cc1.[Zn+2].[Zn+2]. The number of hydrogen-bond donors (Lipinski definition) is 0. The summed E-state index contributed by atoms with van der Waals surface area (Å²) < 4.78 is 0. The van der Waals surface area contributed by atoms with Crippen LogP contribution in [0.1, 0.15) is 70.3 Å². The third-order valence-electron chi connectivity index (χ3n) is 2.69. The van der Waals surface area contributed by atoms with Gasteiger partial charge in [0.05, 0.1) is 18.8 Å². The van der Waals surface area contributed by atoms with Gasteiger partial charge in [-0.2, -0.15) is 0 Å². The largest absolute Gasteiger partial charge is 2.00 e. The second-order valence-electron chi connectivity index (χ2n) is 6.68. The van der Waals surface area contributed by atoms with Gasteiger partial charge >= 0.3 is 39.0 Å². The Morgan fingerprint density at radius 1 is 0.636 bits per heavy atom. The van der Waals surface area contributed by atoms with Crippen molar-refractivity contribution in [2.45, 2.75) is 61.3 Å². The maximum atomic E-state index is 10.2. The molecule has 0 bridgehead atoms. The van der Waals surface area contributed by atoms with Crippen LogP contribution in [0.4, 0.5) is 0 Å². The van der Waals surface area contributed by atoms with E-state index in [0.29, 0.717) is 0 Å². The minimum Gasteiger partial charge on any atom is -0.545 e. The van der Waals surface area contributed by atoms with Crippen LogP contribution in [0.15, 0.2) is 24.3 Å². The first-order valence-corrected chi connectivity index (χ1v) is 9.20. The predicted molar refractivity (Wildman–Crippen MR) is 113 cm³/mol. The van der Waals surface area contributed by atoms with Gasteiger partial charge in [0.15, 0.2) is 0 Å². The summed E-state index contributed by atoms with van der Waals surface area (Å²) in [7, 11) is 0. The van der Waals surface area contributed by atoms with Crippen LogP contribution < -0.4 is 5.11 Å². The molecule has 0 atom stereocenters. The standard InChI is InChI=1S/C8H8O2.2C5H8O2.C5H7O2.2Zn/c1-6-2-4-7(5-3-6)8(9)10;3*1-4(6)3-5(2)7;;/h2-5H,1H3,(H,9,10);2*3H2,1-2H3;3H,1-2H3;;/q;;;-1;2*+2/p-1. The molecule has 0 heterocycles. The zero-order valence-corrected chi connectivity index (χ0v) is 26.4. The van der Waals surface area contributed by atoms with Gasteiger partial charge in [-0.25, -0.2) is 0 Å². The summed E-state index contributed by atoms with van der Waals surface area (Å²) in [5, 5.41) is 10.2. The first kappa shape index (κ1) is 41.1. The van der Waals surface area contributed by atoms with Gasteiger partial charge in [-0.05, 0) is 54.0 Å².